The van der Waals surface area contributed by atoms with Crippen molar-refractivity contribution in [3.8, 4) is 34.1 Å². The largest absolute Gasteiger partial charge is 2.00 e. The molecule has 0 spiro atoms. The molecule has 1 atom stereocenters. The van der Waals surface area contributed by atoms with Crippen LogP contribution in [0.2, 0.25) is 0 Å². The van der Waals surface area contributed by atoms with Crippen molar-refractivity contribution in [1.29, 1.82) is 0 Å². The van der Waals surface area contributed by atoms with Crippen molar-refractivity contribution >= 4 is 21.8 Å². The van der Waals surface area contributed by atoms with Crippen LogP contribution in [0.25, 0.3) is 44.4 Å². The van der Waals surface area contributed by atoms with E-state index in [9.17, 15) is 0 Å². The second-order valence-corrected chi connectivity index (χ2v) is 12.6. The van der Waals surface area contributed by atoms with Crippen LogP contribution in [0.5, 0.6) is 11.5 Å². The minimum atomic E-state index is 0. The molecule has 3 heterocycles. The van der Waals surface area contributed by atoms with Gasteiger partial charge in [0.05, 0.1) is 5.69 Å². The van der Waals surface area contributed by atoms with Gasteiger partial charge >= 0.3 is 21.1 Å². The molecule has 5 nitrogen and oxygen atoms in total. The molecule has 7 aromatic rings. The van der Waals surface area contributed by atoms with Crippen molar-refractivity contribution in [2.75, 3.05) is 0 Å². The van der Waals surface area contributed by atoms with E-state index in [1.54, 1.807) is 0 Å². The maximum absolute atomic E-state index is 6.45. The summed E-state index contributed by atoms with van der Waals surface area (Å²) < 4.78 is 10.6. The van der Waals surface area contributed by atoms with Crippen LogP contribution in [0.3, 0.4) is 0 Å². The van der Waals surface area contributed by atoms with Gasteiger partial charge < -0.3 is 9.30 Å². The molecule has 7 rings (SSSR count). The Bertz CT molecular complexity index is 2200. The summed E-state index contributed by atoms with van der Waals surface area (Å²) in [4.78, 5) is 4.77. The second-order valence-electron chi connectivity index (χ2n) is 12.6. The fourth-order valence-electron chi connectivity index (χ4n) is 6.69. The number of pyridine rings is 1. The number of benzene rings is 4. The van der Waals surface area contributed by atoms with Crippen LogP contribution < -0.4 is 4.74 Å². The molecule has 6 heteroatoms. The van der Waals surface area contributed by atoms with Crippen LogP contribution >= 0.6 is 0 Å². The van der Waals surface area contributed by atoms with Crippen molar-refractivity contribution in [2.45, 2.75) is 66.2 Å². The Morgan fingerprint density at radius 2 is 1.62 bits per heavy atom. The van der Waals surface area contributed by atoms with Gasteiger partial charge in [-0.1, -0.05) is 81.1 Å². The summed E-state index contributed by atoms with van der Waals surface area (Å²) in [6.45, 7) is 10.9. The number of ether oxygens (including phenoxy) is 1. The Kier molecular flexibility index (Phi) is 9.98. The number of aromatic nitrogens is 4. The summed E-state index contributed by atoms with van der Waals surface area (Å²) in [5, 5.41) is 7.21. The number of hydrogen-bond donors (Lipinski definition) is 0. The Labute approximate surface area is 297 Å². The van der Waals surface area contributed by atoms with Crippen molar-refractivity contribution in [1.82, 2.24) is 19.3 Å². The standard InChI is InChI=1S/C42H40N4O.Pt/c1-6-7-9-13-29(3)33-18-21-39-38(25-33)37-20-19-36(27-40(37)45(39)41-24-28(2)22-23-43-41)47-35-17-12-16-34(26-35)46-31(5)42(30(4)44-46)32-14-10-8-11-15-32;/h8,10-12,14-25,29H,6-7,9,13H2,1-5H3;/q-2;+2. The average molecular weight is 812 g/mol. The van der Waals surface area contributed by atoms with Gasteiger partial charge in [-0.3, -0.25) is 4.68 Å². The molecule has 0 aliphatic carbocycles. The Morgan fingerprint density at radius 1 is 0.812 bits per heavy atom. The summed E-state index contributed by atoms with van der Waals surface area (Å²) in [7, 11) is 0. The van der Waals surface area contributed by atoms with Gasteiger partial charge in [0.1, 0.15) is 5.82 Å². The van der Waals surface area contributed by atoms with E-state index in [1.807, 2.05) is 47.3 Å². The maximum Gasteiger partial charge on any atom is 2.00 e. The second kappa shape index (κ2) is 14.3. The van der Waals surface area contributed by atoms with Gasteiger partial charge in [0.25, 0.3) is 0 Å². The van der Waals surface area contributed by atoms with Crippen LogP contribution in [0.1, 0.15) is 68.0 Å². The van der Waals surface area contributed by atoms with Gasteiger partial charge in [0.2, 0.25) is 0 Å². The average Bonchev–Trinajstić information content (AvgIpc) is 3.57. The molecule has 4 aromatic carbocycles. The van der Waals surface area contributed by atoms with E-state index in [-0.39, 0.29) is 21.1 Å². The Hall–Kier alpha value is -4.47. The van der Waals surface area contributed by atoms with Gasteiger partial charge in [-0.2, -0.15) is 17.2 Å². The fourth-order valence-corrected chi connectivity index (χ4v) is 6.69. The minimum Gasteiger partial charge on any atom is -0.509 e. The molecule has 0 fully saturated rings. The quantitative estimate of drug-likeness (QED) is 0.102. The molecule has 1 unspecified atom stereocenters. The normalized spacial score (nSPS) is 11.9. The predicted octanol–water partition coefficient (Wildman–Crippen LogP) is 11.0. The van der Waals surface area contributed by atoms with E-state index >= 15 is 0 Å². The monoisotopic (exact) mass is 811 g/mol. The molecular formula is C42H40N4OPt. The topological polar surface area (TPSA) is 44.9 Å². The van der Waals surface area contributed by atoms with E-state index in [0.717, 1.165) is 56.0 Å². The molecule has 3 aromatic heterocycles. The summed E-state index contributed by atoms with van der Waals surface area (Å²) in [5.74, 6) is 2.59. The van der Waals surface area contributed by atoms with Gasteiger partial charge in [-0.15, -0.1) is 35.7 Å². The SMILES string of the molecule is CCCCCC(C)c1ccc2c(c1)c1ccc(Oc3[c-]c(-n4nc(C)c(-c5ccccc5)c4C)ccc3)[c-]c1n2-c1cc(C)ccn1.[Pt+2]. The number of unbranched alkanes of at least 4 members (excludes halogenated alkanes) is 2. The number of fused-ring (bicyclic) bond motifs is 3. The molecule has 0 bridgehead atoms. The first-order valence-electron chi connectivity index (χ1n) is 16.7. The first-order valence-corrected chi connectivity index (χ1v) is 16.7. The van der Waals surface area contributed by atoms with Gasteiger partial charge in [0, 0.05) is 34.5 Å². The Morgan fingerprint density at radius 3 is 2.42 bits per heavy atom. The van der Waals surface area contributed by atoms with Gasteiger partial charge in [0.15, 0.2) is 0 Å². The van der Waals surface area contributed by atoms with E-state index in [0.29, 0.717) is 17.4 Å². The summed E-state index contributed by atoms with van der Waals surface area (Å²) in [5.41, 5.74) is 9.73. The zero-order valence-corrected chi connectivity index (χ0v) is 30.4. The third-order valence-corrected chi connectivity index (χ3v) is 9.17. The van der Waals surface area contributed by atoms with Crippen LogP contribution in [-0.2, 0) is 21.1 Å². The Balaban J connectivity index is 0.00000401. The molecule has 0 aliphatic heterocycles. The van der Waals surface area contributed by atoms with Gasteiger partial charge in [-0.05, 0) is 79.1 Å². The van der Waals surface area contributed by atoms with E-state index < -0.39 is 0 Å². The summed E-state index contributed by atoms with van der Waals surface area (Å²) in [6.07, 6.45) is 6.84. The maximum atomic E-state index is 6.45. The van der Waals surface area contributed by atoms with E-state index in [2.05, 4.69) is 106 Å². The molecule has 0 saturated heterocycles. The first-order chi connectivity index (χ1) is 22.9. The molecule has 48 heavy (non-hydrogen) atoms. The third-order valence-electron chi connectivity index (χ3n) is 9.17. The zero-order valence-electron chi connectivity index (χ0n) is 28.2. The predicted molar refractivity (Wildman–Crippen MR) is 192 cm³/mol. The molecule has 0 saturated carbocycles. The number of nitrogens with zero attached hydrogens (tertiary/aromatic N) is 4. The van der Waals surface area contributed by atoms with Gasteiger partial charge in [-0.25, -0.2) is 4.98 Å². The van der Waals surface area contributed by atoms with E-state index in [1.165, 1.54) is 36.6 Å². The molecule has 0 aliphatic rings. The molecule has 244 valence electrons. The summed E-state index contributed by atoms with van der Waals surface area (Å²) in [6, 6.07) is 38.6. The zero-order chi connectivity index (χ0) is 32.5. The number of aryl methyl sites for hydroxylation is 2. The molecule has 0 N–H and O–H groups in total. The van der Waals surface area contributed by atoms with Crippen molar-refractivity contribution in [3.05, 3.63) is 132 Å². The van der Waals surface area contributed by atoms with Crippen molar-refractivity contribution in [2.24, 2.45) is 0 Å². The third kappa shape index (κ3) is 6.49. The fraction of sp³-hybridized carbons (Fsp3) is 0.238. The smallest absolute Gasteiger partial charge is 0.509 e. The van der Waals surface area contributed by atoms with Crippen molar-refractivity contribution < 1.29 is 25.8 Å². The summed E-state index contributed by atoms with van der Waals surface area (Å²) >= 11 is 0. The first kappa shape index (κ1) is 33.4. The molecule has 0 amide bonds. The molecule has 0 radical (unpaired) electrons. The van der Waals surface area contributed by atoms with E-state index in [4.69, 9.17) is 14.8 Å². The number of rotatable bonds is 10. The van der Waals surface area contributed by atoms with Crippen LogP contribution in [0.15, 0.2) is 97.2 Å². The van der Waals surface area contributed by atoms with Crippen LogP contribution in [-0.4, -0.2) is 19.3 Å². The molecular weight excluding hydrogens is 772 g/mol. The minimum absolute atomic E-state index is 0. The van der Waals surface area contributed by atoms with Crippen LogP contribution in [0, 0.1) is 32.9 Å². The van der Waals surface area contributed by atoms with Crippen molar-refractivity contribution in [3.63, 3.8) is 0 Å². The number of hydrogen-bond acceptors (Lipinski definition) is 3. The van der Waals surface area contributed by atoms with Crippen LogP contribution in [0.4, 0.5) is 0 Å².